The fraction of sp³-hybridized carbons (Fsp3) is 0.375. The van der Waals surface area contributed by atoms with E-state index < -0.39 is 0 Å². The summed E-state index contributed by atoms with van der Waals surface area (Å²) in [6.45, 7) is 0. The van der Waals surface area contributed by atoms with Crippen LogP contribution < -0.4 is 5.23 Å². The molecule has 0 aliphatic carbocycles. The molecule has 0 saturated carbocycles. The first-order valence-electron chi connectivity index (χ1n) is 4.59. The summed E-state index contributed by atoms with van der Waals surface area (Å²) in [4.78, 5) is 25.1. The minimum Gasteiger partial charge on any atom is -0.469 e. The molecule has 16 heavy (non-hydrogen) atoms. The molecule has 1 heterocycles. The standard InChI is InChI=1S/C8H11BN2O3S2/c1-14-6(13)2-3-15-7-4-10-8(16-7)11-9-5-12/h4-5,9H,2-3H2,1H3,(H,10,11). The van der Waals surface area contributed by atoms with Crippen molar-refractivity contribution in [3.05, 3.63) is 6.20 Å². The first-order valence-corrected chi connectivity index (χ1v) is 6.39. The van der Waals surface area contributed by atoms with Crippen molar-refractivity contribution in [3.63, 3.8) is 0 Å². The summed E-state index contributed by atoms with van der Waals surface area (Å²) >= 11 is 3.01. The van der Waals surface area contributed by atoms with Crippen LogP contribution in [-0.4, -0.2) is 37.4 Å². The zero-order valence-corrected chi connectivity index (χ0v) is 10.4. The van der Waals surface area contributed by atoms with E-state index in [1.165, 1.54) is 18.4 Å². The minimum atomic E-state index is -0.212. The van der Waals surface area contributed by atoms with Crippen molar-refractivity contribution in [2.45, 2.75) is 10.6 Å². The Morgan fingerprint density at radius 2 is 2.62 bits per heavy atom. The summed E-state index contributed by atoms with van der Waals surface area (Å²) < 4.78 is 5.54. The lowest BCUT2D eigenvalue weighted by Gasteiger charge is -1.97. The van der Waals surface area contributed by atoms with Crippen LogP contribution in [0.5, 0.6) is 0 Å². The Balaban J connectivity index is 2.29. The number of rotatable bonds is 7. The van der Waals surface area contributed by atoms with Crippen LogP contribution in [0.2, 0.25) is 0 Å². The molecule has 0 bridgehead atoms. The predicted molar refractivity (Wildman–Crippen MR) is 67.0 cm³/mol. The van der Waals surface area contributed by atoms with Crippen LogP contribution >= 0.6 is 23.1 Å². The third-order valence-electron chi connectivity index (χ3n) is 1.60. The van der Waals surface area contributed by atoms with E-state index in [-0.39, 0.29) is 13.4 Å². The van der Waals surface area contributed by atoms with Crippen LogP contribution in [0.4, 0.5) is 5.13 Å². The summed E-state index contributed by atoms with van der Waals surface area (Å²) in [5, 5.41) is 3.57. The van der Waals surface area contributed by atoms with E-state index in [0.717, 1.165) is 10.4 Å². The highest BCUT2D eigenvalue weighted by atomic mass is 32.2. The fourth-order valence-electron chi connectivity index (χ4n) is 0.874. The Bertz CT molecular complexity index is 359. The Labute approximate surface area is 102 Å². The molecule has 0 aliphatic rings. The SMILES string of the molecule is COC(=O)CCSc1cnc(NBC=O)s1. The molecule has 86 valence electrons. The van der Waals surface area contributed by atoms with E-state index in [9.17, 15) is 9.59 Å². The monoisotopic (exact) mass is 258 g/mol. The van der Waals surface area contributed by atoms with Gasteiger partial charge in [0.1, 0.15) is 6.19 Å². The van der Waals surface area contributed by atoms with Gasteiger partial charge in [0, 0.05) is 5.75 Å². The number of anilines is 1. The van der Waals surface area contributed by atoms with Crippen LogP contribution in [0, 0.1) is 0 Å². The number of esters is 1. The quantitative estimate of drug-likeness (QED) is 0.337. The molecular formula is C8H11BN2O3S2. The van der Waals surface area contributed by atoms with Crippen LogP contribution in [0.3, 0.4) is 0 Å². The number of carbonyl (C=O) groups excluding carboxylic acids is 2. The van der Waals surface area contributed by atoms with Gasteiger partial charge in [-0.2, -0.15) is 0 Å². The summed E-state index contributed by atoms with van der Waals surface area (Å²) in [6.07, 6.45) is 2.89. The second-order valence-electron chi connectivity index (χ2n) is 2.71. The molecule has 5 nitrogen and oxygen atoms in total. The molecule has 0 atom stereocenters. The molecule has 0 fully saturated rings. The third kappa shape index (κ3) is 4.67. The lowest BCUT2D eigenvalue weighted by atomic mass is 10.0. The van der Waals surface area contributed by atoms with Gasteiger partial charge in [-0.3, -0.25) is 4.79 Å². The number of carbonyl (C=O) groups is 2. The van der Waals surface area contributed by atoms with E-state index in [1.54, 1.807) is 18.0 Å². The topological polar surface area (TPSA) is 68.3 Å². The van der Waals surface area contributed by atoms with E-state index in [0.29, 0.717) is 17.3 Å². The fourth-order valence-corrected chi connectivity index (χ4v) is 2.75. The van der Waals surface area contributed by atoms with Gasteiger partial charge in [0.2, 0.25) is 0 Å². The first kappa shape index (κ1) is 13.1. The maximum absolute atomic E-state index is 10.8. The summed E-state index contributed by atoms with van der Waals surface area (Å²) in [7, 11) is 1.64. The molecule has 0 aliphatic heterocycles. The number of hydrogen-bond acceptors (Lipinski definition) is 7. The van der Waals surface area contributed by atoms with Crippen molar-refractivity contribution < 1.29 is 14.3 Å². The molecule has 0 amide bonds. The number of thiazole rings is 1. The zero-order chi connectivity index (χ0) is 11.8. The zero-order valence-electron chi connectivity index (χ0n) is 8.76. The highest BCUT2D eigenvalue weighted by Gasteiger charge is 2.04. The number of methoxy groups -OCH3 is 1. The Kier molecular flexibility index (Phi) is 5.95. The number of hydrogen-bond donors (Lipinski definition) is 1. The normalized spacial score (nSPS) is 9.56. The number of ether oxygens (including phenoxy) is 1. The van der Waals surface area contributed by atoms with E-state index in [4.69, 9.17) is 0 Å². The number of aromatic nitrogens is 1. The van der Waals surface area contributed by atoms with Crippen molar-refractivity contribution in [2.75, 3.05) is 18.1 Å². The number of thioether (sulfide) groups is 1. The number of nitrogens with one attached hydrogen (secondary N) is 1. The molecule has 0 unspecified atom stereocenters. The van der Waals surface area contributed by atoms with E-state index in [1.807, 2.05) is 0 Å². The highest BCUT2D eigenvalue weighted by Crippen LogP contribution is 2.28. The van der Waals surface area contributed by atoms with Crippen molar-refractivity contribution in [2.24, 2.45) is 0 Å². The van der Waals surface area contributed by atoms with Gasteiger partial charge in [0.05, 0.1) is 23.9 Å². The summed E-state index contributed by atoms with van der Waals surface area (Å²) in [5.41, 5.74) is 0. The number of nitrogens with zero attached hydrogens (tertiary/aromatic N) is 1. The van der Waals surface area contributed by atoms with Gasteiger partial charge >= 0.3 is 13.4 Å². The highest BCUT2D eigenvalue weighted by molar-refractivity contribution is 8.01. The molecule has 1 rings (SSSR count). The van der Waals surface area contributed by atoms with Gasteiger partial charge in [0.15, 0.2) is 5.13 Å². The van der Waals surface area contributed by atoms with Crippen LogP contribution in [0.15, 0.2) is 10.4 Å². The van der Waals surface area contributed by atoms with Crippen molar-refractivity contribution in [1.29, 1.82) is 0 Å². The molecular weight excluding hydrogens is 247 g/mol. The van der Waals surface area contributed by atoms with Crippen molar-refractivity contribution in [3.8, 4) is 0 Å². The summed E-state index contributed by atoms with van der Waals surface area (Å²) in [5.74, 6) is 0.457. The largest absolute Gasteiger partial charge is 0.469 e. The van der Waals surface area contributed by atoms with Gasteiger partial charge in [-0.15, -0.1) is 11.8 Å². The molecule has 0 saturated heterocycles. The molecule has 0 spiro atoms. The second-order valence-corrected chi connectivity index (χ2v) is 5.13. The van der Waals surface area contributed by atoms with Crippen LogP contribution in [-0.2, 0) is 14.3 Å². The third-order valence-corrected chi connectivity index (χ3v) is 3.75. The molecule has 1 aromatic rings. The molecule has 8 heteroatoms. The smallest absolute Gasteiger partial charge is 0.309 e. The molecule has 1 N–H and O–H groups in total. The second kappa shape index (κ2) is 7.29. The Morgan fingerprint density at radius 3 is 3.31 bits per heavy atom. The van der Waals surface area contributed by atoms with E-state index in [2.05, 4.69) is 14.9 Å². The lowest BCUT2D eigenvalue weighted by Crippen LogP contribution is -2.06. The predicted octanol–water partition coefficient (Wildman–Crippen LogP) is 0.752. The maximum Gasteiger partial charge on any atom is 0.309 e. The maximum atomic E-state index is 10.8. The van der Waals surface area contributed by atoms with Gasteiger partial charge in [-0.25, -0.2) is 4.98 Å². The molecule has 0 aromatic carbocycles. The van der Waals surface area contributed by atoms with Gasteiger partial charge in [-0.1, -0.05) is 11.3 Å². The molecule has 0 radical (unpaired) electrons. The minimum absolute atomic E-state index is 0.212. The average Bonchev–Trinajstić information content (AvgIpc) is 2.74. The Morgan fingerprint density at radius 1 is 1.81 bits per heavy atom. The Hall–Kier alpha value is -1.02. The van der Waals surface area contributed by atoms with Crippen molar-refractivity contribution >= 4 is 47.8 Å². The molecule has 1 aromatic heterocycles. The average molecular weight is 258 g/mol. The van der Waals surface area contributed by atoms with Crippen molar-refractivity contribution in [1.82, 2.24) is 4.98 Å². The van der Waals surface area contributed by atoms with Gasteiger partial charge in [0.25, 0.3) is 0 Å². The van der Waals surface area contributed by atoms with Crippen LogP contribution in [0.25, 0.3) is 0 Å². The lowest BCUT2D eigenvalue weighted by molar-refractivity contribution is -0.140. The van der Waals surface area contributed by atoms with Crippen LogP contribution in [0.1, 0.15) is 6.42 Å². The van der Waals surface area contributed by atoms with Gasteiger partial charge in [-0.05, 0) is 0 Å². The van der Waals surface area contributed by atoms with E-state index >= 15 is 0 Å². The first-order chi connectivity index (χ1) is 7.76. The van der Waals surface area contributed by atoms with Gasteiger partial charge < -0.3 is 14.8 Å². The summed E-state index contributed by atoms with van der Waals surface area (Å²) in [6, 6.07) is 0.